The summed E-state index contributed by atoms with van der Waals surface area (Å²) in [5.74, 6) is 0. The molecule has 0 saturated carbocycles. The monoisotopic (exact) mass is 273 g/mol. The minimum Gasteiger partial charge on any atom is -0.346 e. The molecule has 0 radical (unpaired) electrons. The first-order valence-corrected chi connectivity index (χ1v) is 7.65. The number of nitrogens with one attached hydrogen (secondary N) is 1. The lowest BCUT2D eigenvalue weighted by molar-refractivity contribution is 0.588. The number of aryl methyl sites for hydroxylation is 1. The molecule has 100 valence electrons. The lowest BCUT2D eigenvalue weighted by atomic mass is 10.1. The molecular weight excluding hydrogens is 254 g/mol. The number of hydrogen-bond donors (Lipinski definition) is 1. The van der Waals surface area contributed by atoms with Crippen molar-refractivity contribution in [1.29, 1.82) is 0 Å². The maximum absolute atomic E-state index is 4.77. The molecule has 4 heteroatoms. The Kier molecular flexibility index (Phi) is 3.80. The maximum atomic E-state index is 4.77. The summed E-state index contributed by atoms with van der Waals surface area (Å²) in [5.41, 5.74) is 3.83. The van der Waals surface area contributed by atoms with Crippen molar-refractivity contribution >= 4 is 16.5 Å². The van der Waals surface area contributed by atoms with E-state index in [9.17, 15) is 0 Å². The molecule has 0 bridgehead atoms. The Balaban J connectivity index is 1.68. The van der Waals surface area contributed by atoms with E-state index in [0.717, 1.165) is 32.6 Å². The number of hydrogen-bond acceptors (Lipinski definition) is 4. The molecule has 0 aliphatic carbocycles. The van der Waals surface area contributed by atoms with Crippen LogP contribution in [-0.2, 0) is 6.42 Å². The van der Waals surface area contributed by atoms with Crippen LogP contribution in [0.1, 0.15) is 16.8 Å². The summed E-state index contributed by atoms with van der Waals surface area (Å²) in [6.07, 6.45) is 0.933. The van der Waals surface area contributed by atoms with Crippen LogP contribution in [0.3, 0.4) is 0 Å². The molecule has 2 heterocycles. The van der Waals surface area contributed by atoms with Gasteiger partial charge >= 0.3 is 0 Å². The SMILES string of the molecule is Cc1ccc(Cc2csc(N3CCNCC3)n2)cc1. The average molecular weight is 273 g/mol. The van der Waals surface area contributed by atoms with Crippen LogP contribution in [0.4, 0.5) is 5.13 Å². The van der Waals surface area contributed by atoms with Crippen LogP contribution in [0.2, 0.25) is 0 Å². The second-order valence-electron chi connectivity index (χ2n) is 5.02. The van der Waals surface area contributed by atoms with Crippen molar-refractivity contribution < 1.29 is 0 Å². The maximum Gasteiger partial charge on any atom is 0.185 e. The van der Waals surface area contributed by atoms with Gasteiger partial charge < -0.3 is 10.2 Å². The van der Waals surface area contributed by atoms with Gasteiger partial charge in [0.05, 0.1) is 5.69 Å². The van der Waals surface area contributed by atoms with Crippen molar-refractivity contribution in [3.8, 4) is 0 Å². The van der Waals surface area contributed by atoms with Crippen molar-refractivity contribution in [2.24, 2.45) is 0 Å². The molecular formula is C15H19N3S. The van der Waals surface area contributed by atoms with Gasteiger partial charge in [-0.3, -0.25) is 0 Å². The predicted octanol–water partition coefficient (Wildman–Crippen LogP) is 2.45. The molecule has 0 unspecified atom stereocenters. The molecule has 0 amide bonds. The highest BCUT2D eigenvalue weighted by molar-refractivity contribution is 7.13. The number of piperazine rings is 1. The van der Waals surface area contributed by atoms with Crippen LogP contribution < -0.4 is 10.2 Å². The van der Waals surface area contributed by atoms with E-state index in [-0.39, 0.29) is 0 Å². The van der Waals surface area contributed by atoms with Crippen LogP contribution in [0.5, 0.6) is 0 Å². The molecule has 0 spiro atoms. The molecule has 2 aromatic rings. The van der Waals surface area contributed by atoms with Crippen LogP contribution in [0.15, 0.2) is 29.6 Å². The fourth-order valence-electron chi connectivity index (χ4n) is 2.29. The van der Waals surface area contributed by atoms with Gasteiger partial charge in [-0.15, -0.1) is 11.3 Å². The Hall–Kier alpha value is -1.39. The zero-order valence-electron chi connectivity index (χ0n) is 11.2. The van der Waals surface area contributed by atoms with E-state index in [0.29, 0.717) is 0 Å². The topological polar surface area (TPSA) is 28.2 Å². The zero-order valence-corrected chi connectivity index (χ0v) is 12.0. The van der Waals surface area contributed by atoms with Crippen LogP contribution in [0, 0.1) is 6.92 Å². The normalized spacial score (nSPS) is 15.7. The third-order valence-electron chi connectivity index (χ3n) is 3.43. The smallest absolute Gasteiger partial charge is 0.185 e. The van der Waals surface area contributed by atoms with Gasteiger partial charge in [-0.2, -0.15) is 0 Å². The Morgan fingerprint density at radius 1 is 1.21 bits per heavy atom. The summed E-state index contributed by atoms with van der Waals surface area (Å²) in [6.45, 7) is 6.38. The third kappa shape index (κ3) is 3.14. The van der Waals surface area contributed by atoms with Gasteiger partial charge in [0.15, 0.2) is 5.13 Å². The molecule has 1 aliphatic heterocycles. The van der Waals surface area contributed by atoms with Crippen molar-refractivity contribution in [2.75, 3.05) is 31.1 Å². The number of anilines is 1. The molecule has 3 nitrogen and oxygen atoms in total. The van der Waals surface area contributed by atoms with Crippen molar-refractivity contribution in [3.63, 3.8) is 0 Å². The number of aromatic nitrogens is 1. The minimum atomic E-state index is 0.933. The Morgan fingerprint density at radius 2 is 1.95 bits per heavy atom. The van der Waals surface area contributed by atoms with Crippen molar-refractivity contribution in [3.05, 3.63) is 46.5 Å². The average Bonchev–Trinajstić information content (AvgIpc) is 2.91. The Morgan fingerprint density at radius 3 is 2.68 bits per heavy atom. The molecule has 1 aromatic carbocycles. The van der Waals surface area contributed by atoms with Crippen LogP contribution in [-0.4, -0.2) is 31.2 Å². The molecule has 1 aliphatic rings. The highest BCUT2D eigenvalue weighted by Crippen LogP contribution is 2.22. The second kappa shape index (κ2) is 5.72. The highest BCUT2D eigenvalue weighted by Gasteiger charge is 2.13. The van der Waals surface area contributed by atoms with Crippen LogP contribution >= 0.6 is 11.3 Å². The van der Waals surface area contributed by atoms with Gasteiger partial charge in [-0.1, -0.05) is 29.8 Å². The minimum absolute atomic E-state index is 0.933. The van der Waals surface area contributed by atoms with E-state index in [1.165, 1.54) is 22.0 Å². The largest absolute Gasteiger partial charge is 0.346 e. The van der Waals surface area contributed by atoms with Crippen molar-refractivity contribution in [1.82, 2.24) is 10.3 Å². The zero-order chi connectivity index (χ0) is 13.1. The van der Waals surface area contributed by atoms with E-state index in [4.69, 9.17) is 4.98 Å². The molecule has 1 aromatic heterocycles. The Bertz CT molecular complexity index is 527. The standard InChI is InChI=1S/C15H19N3S/c1-12-2-4-13(5-3-12)10-14-11-19-15(17-14)18-8-6-16-7-9-18/h2-5,11,16H,6-10H2,1H3. The van der Waals surface area contributed by atoms with Crippen LogP contribution in [0.25, 0.3) is 0 Å². The van der Waals surface area contributed by atoms with Crippen molar-refractivity contribution in [2.45, 2.75) is 13.3 Å². The van der Waals surface area contributed by atoms with E-state index in [1.54, 1.807) is 11.3 Å². The van der Waals surface area contributed by atoms with E-state index >= 15 is 0 Å². The summed E-state index contributed by atoms with van der Waals surface area (Å²) < 4.78 is 0. The first-order valence-electron chi connectivity index (χ1n) is 6.77. The third-order valence-corrected chi connectivity index (χ3v) is 4.38. The summed E-state index contributed by atoms with van der Waals surface area (Å²) in [4.78, 5) is 7.14. The lowest BCUT2D eigenvalue weighted by Crippen LogP contribution is -2.43. The number of nitrogens with zero attached hydrogens (tertiary/aromatic N) is 2. The summed E-state index contributed by atoms with van der Waals surface area (Å²) in [6, 6.07) is 8.72. The molecule has 0 atom stereocenters. The Labute approximate surface area is 118 Å². The quantitative estimate of drug-likeness (QED) is 0.931. The molecule has 1 saturated heterocycles. The van der Waals surface area contributed by atoms with Gasteiger partial charge in [-0.25, -0.2) is 4.98 Å². The fraction of sp³-hybridized carbons (Fsp3) is 0.400. The molecule has 3 rings (SSSR count). The predicted molar refractivity (Wildman–Crippen MR) is 81.2 cm³/mol. The number of benzene rings is 1. The van der Waals surface area contributed by atoms with Gasteiger partial charge in [-0.05, 0) is 12.5 Å². The number of rotatable bonds is 3. The van der Waals surface area contributed by atoms with Gasteiger partial charge in [0.2, 0.25) is 0 Å². The highest BCUT2D eigenvalue weighted by atomic mass is 32.1. The molecule has 1 fully saturated rings. The lowest BCUT2D eigenvalue weighted by Gasteiger charge is -2.26. The molecule has 19 heavy (non-hydrogen) atoms. The first-order chi connectivity index (χ1) is 9.31. The van der Waals surface area contributed by atoms with Gasteiger partial charge in [0.25, 0.3) is 0 Å². The van der Waals surface area contributed by atoms with E-state index in [1.807, 2.05) is 0 Å². The van der Waals surface area contributed by atoms with Gasteiger partial charge in [0, 0.05) is 38.0 Å². The number of thiazole rings is 1. The fourth-order valence-corrected chi connectivity index (χ4v) is 3.17. The summed E-state index contributed by atoms with van der Waals surface area (Å²) in [5, 5.41) is 6.73. The second-order valence-corrected chi connectivity index (χ2v) is 5.86. The van der Waals surface area contributed by atoms with E-state index in [2.05, 4.69) is 46.8 Å². The van der Waals surface area contributed by atoms with E-state index < -0.39 is 0 Å². The first kappa shape index (κ1) is 12.6. The summed E-state index contributed by atoms with van der Waals surface area (Å²) in [7, 11) is 0. The van der Waals surface area contributed by atoms with Gasteiger partial charge in [0.1, 0.15) is 0 Å². The summed E-state index contributed by atoms with van der Waals surface area (Å²) >= 11 is 1.77. The molecule has 1 N–H and O–H groups in total.